The largest absolute Gasteiger partial charge is 0.461 e. The Kier molecular flexibility index (Phi) is 5.73. The van der Waals surface area contributed by atoms with Gasteiger partial charge < -0.3 is 4.74 Å². The molecule has 1 aliphatic heterocycles. The summed E-state index contributed by atoms with van der Waals surface area (Å²) in [6.07, 6.45) is 7.02. The molecule has 0 amide bonds. The molecule has 0 saturated carbocycles. The average Bonchev–Trinajstić information content (AvgIpc) is 2.23. The lowest BCUT2D eigenvalue weighted by atomic mass is 9.88. The first-order valence-electron chi connectivity index (χ1n) is 6.89. The van der Waals surface area contributed by atoms with Crippen molar-refractivity contribution in [3.05, 3.63) is 11.6 Å². The Labute approximate surface area is 105 Å². The summed E-state index contributed by atoms with van der Waals surface area (Å²) in [5.41, 5.74) is 1.30. The standard InChI is InChI=1S/C15H26O2/c1-5-6-11(2)7-12(3)8-14-9-13(4)15(16)17-10-14/h9,11-13H,5-8,10H2,1-4H3/t11-,12-,13?/m1/s1. The topological polar surface area (TPSA) is 26.3 Å². The van der Waals surface area contributed by atoms with Crippen molar-refractivity contribution < 1.29 is 9.53 Å². The molecule has 0 fully saturated rings. The van der Waals surface area contributed by atoms with E-state index in [0.717, 1.165) is 12.3 Å². The van der Waals surface area contributed by atoms with Gasteiger partial charge in [-0.3, -0.25) is 4.79 Å². The normalized spacial score (nSPS) is 23.9. The molecule has 1 aliphatic rings. The summed E-state index contributed by atoms with van der Waals surface area (Å²) < 4.78 is 5.15. The summed E-state index contributed by atoms with van der Waals surface area (Å²) in [6.45, 7) is 9.29. The number of rotatable bonds is 6. The molecule has 0 N–H and O–H groups in total. The van der Waals surface area contributed by atoms with Crippen LogP contribution in [0.1, 0.15) is 53.4 Å². The highest BCUT2D eigenvalue weighted by molar-refractivity contribution is 5.75. The molecule has 0 spiro atoms. The van der Waals surface area contributed by atoms with Gasteiger partial charge in [0, 0.05) is 0 Å². The lowest BCUT2D eigenvalue weighted by molar-refractivity contribution is -0.146. The monoisotopic (exact) mass is 238 g/mol. The fraction of sp³-hybridized carbons (Fsp3) is 0.800. The van der Waals surface area contributed by atoms with E-state index in [4.69, 9.17) is 4.74 Å². The molecular weight excluding hydrogens is 212 g/mol. The van der Waals surface area contributed by atoms with E-state index in [9.17, 15) is 4.79 Å². The molecule has 3 atom stereocenters. The molecule has 17 heavy (non-hydrogen) atoms. The highest BCUT2D eigenvalue weighted by Crippen LogP contribution is 2.25. The Morgan fingerprint density at radius 2 is 2.12 bits per heavy atom. The van der Waals surface area contributed by atoms with Gasteiger partial charge in [0.25, 0.3) is 0 Å². The van der Waals surface area contributed by atoms with Crippen LogP contribution in [0, 0.1) is 17.8 Å². The van der Waals surface area contributed by atoms with Gasteiger partial charge in [0.1, 0.15) is 6.61 Å². The van der Waals surface area contributed by atoms with Crippen LogP contribution in [0.5, 0.6) is 0 Å². The van der Waals surface area contributed by atoms with Gasteiger partial charge in [0.05, 0.1) is 5.92 Å². The number of carbonyl (C=O) groups is 1. The second-order valence-electron chi connectivity index (χ2n) is 5.66. The molecular formula is C15H26O2. The van der Waals surface area contributed by atoms with Gasteiger partial charge in [-0.05, 0) is 37.2 Å². The Bertz CT molecular complexity index is 281. The first-order valence-corrected chi connectivity index (χ1v) is 6.89. The maximum atomic E-state index is 11.2. The molecule has 98 valence electrons. The lowest BCUT2D eigenvalue weighted by Crippen LogP contribution is -2.21. The van der Waals surface area contributed by atoms with Crippen LogP contribution < -0.4 is 0 Å². The third kappa shape index (κ3) is 4.93. The Balaban J connectivity index is 2.38. The number of carbonyl (C=O) groups excluding carboxylic acids is 1. The molecule has 0 saturated heterocycles. The van der Waals surface area contributed by atoms with E-state index in [-0.39, 0.29) is 11.9 Å². The summed E-state index contributed by atoms with van der Waals surface area (Å²) >= 11 is 0. The first kappa shape index (κ1) is 14.3. The minimum Gasteiger partial charge on any atom is -0.461 e. The van der Waals surface area contributed by atoms with E-state index in [1.165, 1.54) is 24.8 Å². The maximum Gasteiger partial charge on any atom is 0.312 e. The molecule has 0 radical (unpaired) electrons. The van der Waals surface area contributed by atoms with Crippen molar-refractivity contribution in [1.29, 1.82) is 0 Å². The van der Waals surface area contributed by atoms with Crippen LogP contribution in [-0.4, -0.2) is 12.6 Å². The van der Waals surface area contributed by atoms with Gasteiger partial charge in [0.2, 0.25) is 0 Å². The van der Waals surface area contributed by atoms with Crippen LogP contribution in [0.15, 0.2) is 11.6 Å². The summed E-state index contributed by atoms with van der Waals surface area (Å²) in [6, 6.07) is 0. The van der Waals surface area contributed by atoms with Crippen LogP contribution in [0.4, 0.5) is 0 Å². The minimum absolute atomic E-state index is 0.0565. The van der Waals surface area contributed by atoms with Gasteiger partial charge in [-0.1, -0.05) is 39.7 Å². The van der Waals surface area contributed by atoms with E-state index >= 15 is 0 Å². The van der Waals surface area contributed by atoms with Crippen LogP contribution in [0.2, 0.25) is 0 Å². The van der Waals surface area contributed by atoms with Crippen LogP contribution in [0.25, 0.3) is 0 Å². The van der Waals surface area contributed by atoms with Crippen molar-refractivity contribution in [2.45, 2.75) is 53.4 Å². The fourth-order valence-corrected chi connectivity index (χ4v) is 2.72. The Hall–Kier alpha value is -0.790. The van der Waals surface area contributed by atoms with Crippen molar-refractivity contribution in [3.8, 4) is 0 Å². The van der Waals surface area contributed by atoms with Crippen molar-refractivity contribution >= 4 is 5.97 Å². The number of hydrogen-bond acceptors (Lipinski definition) is 2. The average molecular weight is 238 g/mol. The molecule has 2 nitrogen and oxygen atoms in total. The van der Waals surface area contributed by atoms with E-state index in [1.54, 1.807) is 0 Å². The first-order chi connectivity index (χ1) is 8.02. The van der Waals surface area contributed by atoms with Gasteiger partial charge in [-0.15, -0.1) is 0 Å². The lowest BCUT2D eigenvalue weighted by Gasteiger charge is -2.22. The molecule has 0 aromatic rings. The predicted molar refractivity (Wildman–Crippen MR) is 70.7 cm³/mol. The smallest absolute Gasteiger partial charge is 0.312 e. The minimum atomic E-state index is -0.0826. The van der Waals surface area contributed by atoms with Crippen molar-refractivity contribution in [2.75, 3.05) is 6.61 Å². The number of ether oxygens (including phenoxy) is 1. The Morgan fingerprint density at radius 1 is 1.41 bits per heavy atom. The number of cyclic esters (lactones) is 1. The van der Waals surface area contributed by atoms with E-state index < -0.39 is 0 Å². The highest BCUT2D eigenvalue weighted by atomic mass is 16.5. The van der Waals surface area contributed by atoms with E-state index in [1.807, 2.05) is 6.92 Å². The number of hydrogen-bond donors (Lipinski definition) is 0. The summed E-state index contributed by atoms with van der Waals surface area (Å²) in [5.74, 6) is 1.35. The molecule has 1 rings (SSSR count). The maximum absolute atomic E-state index is 11.2. The van der Waals surface area contributed by atoms with Crippen molar-refractivity contribution in [3.63, 3.8) is 0 Å². The predicted octanol–water partition coefficient (Wildman–Crippen LogP) is 3.96. The summed E-state index contributed by atoms with van der Waals surface area (Å²) in [4.78, 5) is 11.2. The Morgan fingerprint density at radius 3 is 2.71 bits per heavy atom. The van der Waals surface area contributed by atoms with Gasteiger partial charge >= 0.3 is 5.97 Å². The molecule has 1 unspecified atom stereocenters. The second kappa shape index (κ2) is 6.83. The third-order valence-corrected chi connectivity index (χ3v) is 3.45. The third-order valence-electron chi connectivity index (χ3n) is 3.45. The van der Waals surface area contributed by atoms with E-state index in [0.29, 0.717) is 12.5 Å². The van der Waals surface area contributed by atoms with Crippen molar-refractivity contribution in [1.82, 2.24) is 0 Å². The molecule has 0 aromatic carbocycles. The van der Waals surface area contributed by atoms with Crippen LogP contribution in [-0.2, 0) is 9.53 Å². The summed E-state index contributed by atoms with van der Waals surface area (Å²) in [5, 5.41) is 0. The quantitative estimate of drug-likeness (QED) is 0.517. The van der Waals surface area contributed by atoms with Gasteiger partial charge in [-0.2, -0.15) is 0 Å². The SMILES string of the molecule is CCC[C@@H](C)C[C@@H](C)CC1=CC(C)C(=O)OC1. The van der Waals surface area contributed by atoms with Crippen LogP contribution in [0.3, 0.4) is 0 Å². The molecule has 0 bridgehead atoms. The van der Waals surface area contributed by atoms with Crippen LogP contribution >= 0.6 is 0 Å². The molecule has 0 aromatic heterocycles. The summed E-state index contributed by atoms with van der Waals surface area (Å²) in [7, 11) is 0. The zero-order valence-corrected chi connectivity index (χ0v) is 11.7. The second-order valence-corrected chi connectivity index (χ2v) is 5.66. The van der Waals surface area contributed by atoms with Crippen molar-refractivity contribution in [2.24, 2.45) is 17.8 Å². The number of esters is 1. The highest BCUT2D eigenvalue weighted by Gasteiger charge is 2.20. The fourth-order valence-electron chi connectivity index (χ4n) is 2.72. The molecule has 0 aliphatic carbocycles. The van der Waals surface area contributed by atoms with Gasteiger partial charge in [0.15, 0.2) is 0 Å². The van der Waals surface area contributed by atoms with Gasteiger partial charge in [-0.25, -0.2) is 0 Å². The molecule has 2 heteroatoms. The molecule has 1 heterocycles. The van der Waals surface area contributed by atoms with E-state index in [2.05, 4.69) is 26.8 Å². The zero-order valence-electron chi connectivity index (χ0n) is 11.7. The zero-order chi connectivity index (χ0) is 12.8.